The van der Waals surface area contributed by atoms with Crippen LogP contribution in [-0.2, 0) is 17.4 Å². The Morgan fingerprint density at radius 1 is 1.00 bits per heavy atom. The Morgan fingerprint density at radius 2 is 1.64 bits per heavy atom. The average Bonchev–Trinajstić information content (AvgIpc) is 2.54. The number of carbonyl (C=O) groups is 2. The van der Waals surface area contributed by atoms with E-state index in [4.69, 9.17) is 0 Å². The number of amides is 2. The fourth-order valence-electron chi connectivity index (χ4n) is 2.29. The number of carbonyl (C=O) groups excluding carboxylic acids is 2. The standard InChI is InChI=1S/C18H17F3N2O2/c1-3-12-6-9-15(22-11(2)24)10-16(12)23-17(25)13-4-7-14(8-5-13)18(19,20)21/h4-10H,3H2,1-2H3,(H,22,24)(H,23,25). The van der Waals surface area contributed by atoms with Gasteiger partial charge in [-0.05, 0) is 48.4 Å². The van der Waals surface area contributed by atoms with Crippen molar-refractivity contribution < 1.29 is 22.8 Å². The summed E-state index contributed by atoms with van der Waals surface area (Å²) in [5.41, 5.74) is 1.16. The quantitative estimate of drug-likeness (QED) is 0.854. The molecule has 0 aromatic heterocycles. The zero-order valence-electron chi connectivity index (χ0n) is 13.7. The van der Waals surface area contributed by atoms with Gasteiger partial charge in [-0.3, -0.25) is 9.59 Å². The third-order valence-corrected chi connectivity index (χ3v) is 3.53. The van der Waals surface area contributed by atoms with Crippen molar-refractivity contribution in [3.63, 3.8) is 0 Å². The molecular weight excluding hydrogens is 333 g/mol. The monoisotopic (exact) mass is 350 g/mol. The number of alkyl halides is 3. The Bertz CT molecular complexity index is 784. The van der Waals surface area contributed by atoms with Crippen LogP contribution in [0.1, 0.15) is 35.3 Å². The maximum absolute atomic E-state index is 12.6. The topological polar surface area (TPSA) is 58.2 Å². The van der Waals surface area contributed by atoms with E-state index in [1.54, 1.807) is 18.2 Å². The molecule has 0 aliphatic rings. The second-order valence-corrected chi connectivity index (χ2v) is 5.44. The molecule has 0 atom stereocenters. The van der Waals surface area contributed by atoms with Gasteiger partial charge in [-0.15, -0.1) is 0 Å². The molecule has 0 spiro atoms. The van der Waals surface area contributed by atoms with E-state index in [0.717, 1.165) is 29.8 Å². The van der Waals surface area contributed by atoms with Crippen LogP contribution in [0.2, 0.25) is 0 Å². The molecule has 2 aromatic rings. The summed E-state index contributed by atoms with van der Waals surface area (Å²) in [6.45, 7) is 3.27. The zero-order chi connectivity index (χ0) is 18.6. The predicted octanol–water partition coefficient (Wildman–Crippen LogP) is 4.48. The van der Waals surface area contributed by atoms with Gasteiger partial charge >= 0.3 is 6.18 Å². The molecule has 7 heteroatoms. The van der Waals surface area contributed by atoms with E-state index in [1.165, 1.54) is 6.92 Å². The fourth-order valence-corrected chi connectivity index (χ4v) is 2.29. The van der Waals surface area contributed by atoms with Gasteiger partial charge < -0.3 is 10.6 Å². The first kappa shape index (κ1) is 18.5. The van der Waals surface area contributed by atoms with Crippen molar-refractivity contribution >= 4 is 23.2 Å². The molecule has 0 bridgehead atoms. The second-order valence-electron chi connectivity index (χ2n) is 5.44. The summed E-state index contributed by atoms with van der Waals surface area (Å²) < 4.78 is 37.7. The normalized spacial score (nSPS) is 11.1. The number of hydrogen-bond acceptors (Lipinski definition) is 2. The number of aryl methyl sites for hydroxylation is 1. The van der Waals surface area contributed by atoms with Crippen LogP contribution in [-0.4, -0.2) is 11.8 Å². The number of anilines is 2. The van der Waals surface area contributed by atoms with E-state index in [2.05, 4.69) is 10.6 Å². The van der Waals surface area contributed by atoms with Gasteiger partial charge in [-0.1, -0.05) is 13.0 Å². The van der Waals surface area contributed by atoms with Crippen LogP contribution in [0.3, 0.4) is 0 Å². The number of benzene rings is 2. The number of halogens is 3. The molecule has 0 heterocycles. The molecule has 0 saturated heterocycles. The van der Waals surface area contributed by atoms with Crippen LogP contribution < -0.4 is 10.6 Å². The number of nitrogens with one attached hydrogen (secondary N) is 2. The maximum atomic E-state index is 12.6. The van der Waals surface area contributed by atoms with E-state index in [-0.39, 0.29) is 11.5 Å². The molecule has 0 aliphatic carbocycles. The minimum Gasteiger partial charge on any atom is -0.326 e. The first-order valence-corrected chi connectivity index (χ1v) is 7.60. The van der Waals surface area contributed by atoms with Gasteiger partial charge in [0.05, 0.1) is 5.56 Å². The van der Waals surface area contributed by atoms with Crippen LogP contribution in [0.5, 0.6) is 0 Å². The second kappa shape index (κ2) is 7.38. The van der Waals surface area contributed by atoms with Crippen LogP contribution in [0.4, 0.5) is 24.5 Å². The molecule has 2 N–H and O–H groups in total. The SMILES string of the molecule is CCc1ccc(NC(C)=O)cc1NC(=O)c1ccc(C(F)(F)F)cc1. The highest BCUT2D eigenvalue weighted by molar-refractivity contribution is 6.05. The van der Waals surface area contributed by atoms with Gasteiger partial charge in [0.1, 0.15) is 0 Å². The van der Waals surface area contributed by atoms with Crippen LogP contribution in [0.15, 0.2) is 42.5 Å². The molecule has 0 unspecified atom stereocenters. The summed E-state index contributed by atoms with van der Waals surface area (Å²) >= 11 is 0. The molecule has 25 heavy (non-hydrogen) atoms. The summed E-state index contributed by atoms with van der Waals surface area (Å²) in [6, 6.07) is 9.08. The van der Waals surface area contributed by atoms with Crippen molar-refractivity contribution in [2.45, 2.75) is 26.4 Å². The summed E-state index contributed by atoms with van der Waals surface area (Å²) in [7, 11) is 0. The van der Waals surface area contributed by atoms with Crippen molar-refractivity contribution in [1.29, 1.82) is 0 Å². The Balaban J connectivity index is 2.23. The predicted molar refractivity (Wildman–Crippen MR) is 89.5 cm³/mol. The van der Waals surface area contributed by atoms with Gasteiger partial charge in [-0.2, -0.15) is 13.2 Å². The minimum absolute atomic E-state index is 0.111. The Morgan fingerprint density at radius 3 is 2.16 bits per heavy atom. The lowest BCUT2D eigenvalue weighted by atomic mass is 10.1. The first-order chi connectivity index (χ1) is 11.7. The van der Waals surface area contributed by atoms with E-state index in [1.807, 2.05) is 6.92 Å². The van der Waals surface area contributed by atoms with E-state index >= 15 is 0 Å². The number of rotatable bonds is 4. The highest BCUT2D eigenvalue weighted by atomic mass is 19.4. The fraction of sp³-hybridized carbons (Fsp3) is 0.222. The Hall–Kier alpha value is -2.83. The highest BCUT2D eigenvalue weighted by Crippen LogP contribution is 2.29. The molecule has 2 aromatic carbocycles. The molecule has 132 valence electrons. The summed E-state index contributed by atoms with van der Waals surface area (Å²) in [6.07, 6.45) is -3.81. The largest absolute Gasteiger partial charge is 0.416 e. The Kier molecular flexibility index (Phi) is 5.46. The van der Waals surface area contributed by atoms with Crippen molar-refractivity contribution in [2.24, 2.45) is 0 Å². The lowest BCUT2D eigenvalue weighted by molar-refractivity contribution is -0.137. The smallest absolute Gasteiger partial charge is 0.326 e. The van der Waals surface area contributed by atoms with E-state index < -0.39 is 17.6 Å². The molecule has 2 amide bonds. The molecule has 0 aliphatic heterocycles. The van der Waals surface area contributed by atoms with Gasteiger partial charge in [0.2, 0.25) is 5.91 Å². The lowest BCUT2D eigenvalue weighted by Crippen LogP contribution is -2.15. The number of hydrogen-bond donors (Lipinski definition) is 2. The average molecular weight is 350 g/mol. The van der Waals surface area contributed by atoms with Gasteiger partial charge in [0.15, 0.2) is 0 Å². The van der Waals surface area contributed by atoms with Crippen molar-refractivity contribution in [1.82, 2.24) is 0 Å². The molecule has 0 fully saturated rings. The van der Waals surface area contributed by atoms with Crippen molar-refractivity contribution in [2.75, 3.05) is 10.6 Å². The van der Waals surface area contributed by atoms with Crippen LogP contribution in [0.25, 0.3) is 0 Å². The lowest BCUT2D eigenvalue weighted by Gasteiger charge is -2.13. The zero-order valence-corrected chi connectivity index (χ0v) is 13.7. The molecule has 0 saturated carbocycles. The van der Waals surface area contributed by atoms with E-state index in [0.29, 0.717) is 17.8 Å². The third kappa shape index (κ3) is 4.82. The summed E-state index contributed by atoms with van der Waals surface area (Å²) in [5, 5.41) is 5.30. The molecule has 0 radical (unpaired) electrons. The van der Waals surface area contributed by atoms with Crippen LogP contribution >= 0.6 is 0 Å². The van der Waals surface area contributed by atoms with Gasteiger partial charge in [0, 0.05) is 23.9 Å². The molecule has 2 rings (SSSR count). The first-order valence-electron chi connectivity index (χ1n) is 7.60. The van der Waals surface area contributed by atoms with Gasteiger partial charge in [0.25, 0.3) is 5.91 Å². The molecular formula is C18H17F3N2O2. The van der Waals surface area contributed by atoms with E-state index in [9.17, 15) is 22.8 Å². The third-order valence-electron chi connectivity index (χ3n) is 3.53. The van der Waals surface area contributed by atoms with Crippen molar-refractivity contribution in [3.8, 4) is 0 Å². The minimum atomic E-state index is -4.45. The van der Waals surface area contributed by atoms with Gasteiger partial charge in [-0.25, -0.2) is 0 Å². The highest BCUT2D eigenvalue weighted by Gasteiger charge is 2.30. The summed E-state index contributed by atoms with van der Waals surface area (Å²) in [4.78, 5) is 23.4. The van der Waals surface area contributed by atoms with Crippen molar-refractivity contribution in [3.05, 3.63) is 59.2 Å². The van der Waals surface area contributed by atoms with Crippen LogP contribution in [0, 0.1) is 0 Å². The maximum Gasteiger partial charge on any atom is 0.416 e. The summed E-state index contributed by atoms with van der Waals surface area (Å²) in [5.74, 6) is -0.771. The Labute approximate surface area is 143 Å². The molecule has 4 nitrogen and oxygen atoms in total.